The van der Waals surface area contributed by atoms with Gasteiger partial charge in [-0.2, -0.15) is 0 Å². The van der Waals surface area contributed by atoms with Crippen molar-refractivity contribution in [3.8, 4) is 66.8 Å². The van der Waals surface area contributed by atoms with E-state index in [9.17, 15) is 0 Å². The quantitative estimate of drug-likeness (QED) is 0.135. The first kappa shape index (κ1) is 65.6. The summed E-state index contributed by atoms with van der Waals surface area (Å²) in [7, 11) is 0. The van der Waals surface area contributed by atoms with E-state index in [4.69, 9.17) is 0 Å². The predicted molar refractivity (Wildman–Crippen MR) is 481 cm³/mol. The molecule has 8 unspecified atom stereocenters. The van der Waals surface area contributed by atoms with Gasteiger partial charge in [0.15, 0.2) is 0 Å². The maximum Gasteiger partial charge on any atom is 0.0492 e. The first-order valence-corrected chi connectivity index (χ1v) is 42.6. The van der Waals surface area contributed by atoms with E-state index in [1.165, 1.54) is 276 Å². The molecule has 4 aliphatic carbocycles. The summed E-state index contributed by atoms with van der Waals surface area (Å²) in [6.07, 6.45) is 14.3. The van der Waals surface area contributed by atoms with Gasteiger partial charge >= 0.3 is 0 Å². The van der Waals surface area contributed by atoms with Crippen LogP contribution >= 0.6 is 0 Å². The van der Waals surface area contributed by atoms with Crippen molar-refractivity contribution in [1.29, 1.82) is 0 Å². The molecule has 8 aliphatic rings. The number of benzene rings is 15. The predicted octanol–water partition coefficient (Wildman–Crippen LogP) is 30.2. The van der Waals surface area contributed by atoms with Crippen LogP contribution in [-0.2, 0) is 0 Å². The Morgan fingerprint density at radius 1 is 0.219 bits per heavy atom. The van der Waals surface area contributed by atoms with Gasteiger partial charge in [0.2, 0.25) is 0 Å². The number of hydrogen-bond donors (Lipinski definition) is 0. The molecule has 0 aromatic heterocycles. The summed E-state index contributed by atoms with van der Waals surface area (Å²) in [6.45, 7) is 10.2. The van der Waals surface area contributed by atoms with Crippen LogP contribution in [0.3, 0.4) is 0 Å². The molecule has 4 fully saturated rings. The van der Waals surface area contributed by atoms with E-state index in [0.29, 0.717) is 23.7 Å². The highest BCUT2D eigenvalue weighted by Crippen LogP contribution is 2.67. The normalized spacial score (nSPS) is 23.6. The number of nitrogens with zero attached hydrogens (tertiary/aromatic N) is 4. The maximum absolute atomic E-state index is 2.71. The molecule has 4 nitrogen and oxygen atoms in total. The summed E-state index contributed by atoms with van der Waals surface area (Å²) in [6, 6.07) is 119. The van der Waals surface area contributed by atoms with E-state index in [-0.39, 0.29) is 22.2 Å². The lowest BCUT2D eigenvalue weighted by Gasteiger charge is -2.37. The van der Waals surface area contributed by atoms with Crippen LogP contribution in [-0.4, -0.2) is 22.2 Å². The third kappa shape index (κ3) is 8.69. The molecule has 4 heteroatoms. The highest BCUT2D eigenvalue weighted by Gasteiger charge is 2.56. The summed E-state index contributed by atoms with van der Waals surface area (Å²) < 4.78 is 0. The average Bonchev–Trinajstić information content (AvgIpc) is 1.49. The zero-order chi connectivity index (χ0) is 75.2. The third-order valence-electron chi connectivity index (χ3n) is 30.6. The van der Waals surface area contributed by atoms with E-state index in [0.717, 1.165) is 0 Å². The van der Waals surface area contributed by atoms with Gasteiger partial charge in [0.1, 0.15) is 0 Å². The molecule has 25 rings (SSSR count). The number of rotatable bonds is 10. The summed E-state index contributed by atoms with van der Waals surface area (Å²) in [5, 5.41) is 16.0. The molecule has 4 aliphatic heterocycles. The molecular weight excluding hydrogens is 1380 g/mol. The molecule has 0 bridgehead atoms. The zero-order valence-corrected chi connectivity index (χ0v) is 65.5. The monoisotopic (exact) mass is 1470 g/mol. The molecule has 0 radical (unpaired) electrons. The van der Waals surface area contributed by atoms with Gasteiger partial charge in [0.05, 0.1) is 0 Å². The fourth-order valence-electron chi connectivity index (χ4n) is 26.0. The molecule has 0 N–H and O–H groups in total. The minimum absolute atomic E-state index is 0.00656. The van der Waals surface area contributed by atoms with E-state index in [1.807, 2.05) is 0 Å². The number of fused-ring (bicyclic) bond motifs is 18. The number of anilines is 8. The molecule has 114 heavy (non-hydrogen) atoms. The Kier molecular flexibility index (Phi) is 13.7. The smallest absolute Gasteiger partial charge is 0.0492 e. The van der Waals surface area contributed by atoms with Crippen LogP contribution in [0.2, 0.25) is 0 Å². The largest absolute Gasteiger partial charge is 0.335 e. The lowest BCUT2D eigenvalue weighted by molar-refractivity contribution is 0.451. The van der Waals surface area contributed by atoms with Gasteiger partial charge in [-0.1, -0.05) is 232 Å². The molecule has 17 aromatic carbocycles. The van der Waals surface area contributed by atoms with E-state index >= 15 is 0 Å². The first-order valence-electron chi connectivity index (χ1n) is 42.6. The molecule has 0 amide bonds. The Morgan fingerprint density at radius 2 is 0.447 bits per heavy atom. The van der Waals surface area contributed by atoms with Gasteiger partial charge in [-0.05, 0) is 330 Å². The van der Waals surface area contributed by atoms with Gasteiger partial charge in [-0.25, -0.2) is 0 Å². The highest BCUT2D eigenvalue weighted by atomic mass is 15.3. The molecule has 0 spiro atoms. The van der Waals surface area contributed by atoms with Crippen LogP contribution in [0.25, 0.3) is 131 Å². The second-order valence-corrected chi connectivity index (χ2v) is 36.1. The molecule has 4 saturated carbocycles. The molecule has 4 heterocycles. The van der Waals surface area contributed by atoms with E-state index in [2.05, 4.69) is 351 Å². The SMILES string of the molecule is CC12CCCC1c1cc(-c3ccc4c5c(-c6ccccc6)c6c7ccc(-c8ccc9c(c8)C8CCCC8(C)N9c8ccccc8)c8c(-c9ccc%10c(c9)C9CCCC9(C)N%10c9ccccc9)ccc(c6c(-c6ccccc6)c5c5ccc(-c6ccc9c(c6)C6CCCC6(C)N9c6ccccc6)c3c45)c87)ccc1N2c1ccccc1. The van der Waals surface area contributed by atoms with Crippen molar-refractivity contribution in [2.24, 2.45) is 0 Å². The fourth-order valence-corrected chi connectivity index (χ4v) is 26.0. The Hall–Kier alpha value is -12.0. The standard InChI is InChI=1S/C110H90N4/c1-107-59-23-39-89(107)85-63-69(43-55-93(85)111(107)73-31-15-7-16-32-73)77-47-51-81-101-82(52-48-78(99(77)101)70-44-56-94-86(64-70)90-40-24-60-108(90,2)112(94)74-33-17-8-18-34-74)104-98(68-29-13-6-14-30-68)106-84-54-50-80(72-46-58-96-88(66-72)92-42-26-62-110(92,4)114(96)76-37-21-10-22-38-76)100-79(49-53-83(102(84)100)105(106)97(103(81)104)67-27-11-5-12-28-67)71-45-57-95-87(65-71)91-41-25-61-109(91,3)113(95)75-35-19-9-20-36-75/h5-22,27-38,43-58,63-66,89-92H,23-26,39-42,59-62H2,1-4H3. The molecule has 550 valence electrons. The third-order valence-corrected chi connectivity index (χ3v) is 30.6. The lowest BCUT2D eigenvalue weighted by Crippen LogP contribution is -2.40. The highest BCUT2D eigenvalue weighted by molar-refractivity contribution is 6.48. The Balaban J connectivity index is 0.784. The zero-order valence-electron chi connectivity index (χ0n) is 65.5. The van der Waals surface area contributed by atoms with E-state index in [1.54, 1.807) is 0 Å². The van der Waals surface area contributed by atoms with Crippen LogP contribution in [0.1, 0.15) is 151 Å². The van der Waals surface area contributed by atoms with Crippen LogP contribution < -0.4 is 19.6 Å². The Bertz CT molecular complexity index is 6080. The topological polar surface area (TPSA) is 13.0 Å². The summed E-state index contributed by atoms with van der Waals surface area (Å²) >= 11 is 0. The number of hydrogen-bond acceptors (Lipinski definition) is 4. The van der Waals surface area contributed by atoms with Gasteiger partial charge in [-0.3, -0.25) is 0 Å². The molecule has 0 saturated heterocycles. The minimum Gasteiger partial charge on any atom is -0.335 e. The van der Waals surface area contributed by atoms with Crippen molar-refractivity contribution in [1.82, 2.24) is 0 Å². The van der Waals surface area contributed by atoms with Crippen LogP contribution in [0, 0.1) is 0 Å². The Morgan fingerprint density at radius 3 is 0.684 bits per heavy atom. The van der Waals surface area contributed by atoms with Gasteiger partial charge in [0.25, 0.3) is 0 Å². The lowest BCUT2D eigenvalue weighted by atomic mass is 9.84. The summed E-state index contributed by atoms with van der Waals surface area (Å²) in [5.74, 6) is 1.69. The van der Waals surface area contributed by atoms with Crippen molar-refractivity contribution in [3.63, 3.8) is 0 Å². The van der Waals surface area contributed by atoms with Crippen molar-refractivity contribution < 1.29 is 0 Å². The van der Waals surface area contributed by atoms with Crippen LogP contribution in [0.5, 0.6) is 0 Å². The Labute approximate surface area is 668 Å². The van der Waals surface area contributed by atoms with Crippen molar-refractivity contribution in [2.75, 3.05) is 19.6 Å². The van der Waals surface area contributed by atoms with Crippen molar-refractivity contribution in [3.05, 3.63) is 326 Å². The van der Waals surface area contributed by atoms with E-state index < -0.39 is 0 Å². The summed E-state index contributed by atoms with van der Waals surface area (Å²) in [5.41, 5.74) is 32.0. The van der Waals surface area contributed by atoms with Gasteiger partial charge in [0, 0.05) is 91.3 Å². The fraction of sp³-hybridized carbons (Fsp3) is 0.218. The van der Waals surface area contributed by atoms with Gasteiger partial charge in [-0.15, -0.1) is 0 Å². The van der Waals surface area contributed by atoms with Gasteiger partial charge < -0.3 is 19.6 Å². The number of para-hydroxylation sites is 4. The summed E-state index contributed by atoms with van der Waals surface area (Å²) in [4.78, 5) is 10.8. The molecule has 8 atom stereocenters. The molecule has 17 aromatic rings. The second kappa shape index (κ2) is 23.8. The van der Waals surface area contributed by atoms with Crippen molar-refractivity contribution >= 4 is 110 Å². The average molecular weight is 1470 g/mol. The van der Waals surface area contributed by atoms with Crippen molar-refractivity contribution in [2.45, 2.75) is 151 Å². The maximum atomic E-state index is 2.71. The van der Waals surface area contributed by atoms with Crippen LogP contribution in [0.4, 0.5) is 45.5 Å². The minimum atomic E-state index is -0.00656. The van der Waals surface area contributed by atoms with Crippen LogP contribution in [0.15, 0.2) is 303 Å². The first-order chi connectivity index (χ1) is 56.1. The molecular formula is C110H90N4. The second-order valence-electron chi connectivity index (χ2n) is 36.1.